The third-order valence-corrected chi connectivity index (χ3v) is 6.49. The predicted molar refractivity (Wildman–Crippen MR) is 110 cm³/mol. The second-order valence-corrected chi connectivity index (χ2v) is 8.53. The average molecular weight is 396 g/mol. The number of carbonyl (C=O) groups is 2. The summed E-state index contributed by atoms with van der Waals surface area (Å²) in [5.74, 6) is -0.242. The molecule has 2 aromatic rings. The number of hydrogen-bond acceptors (Lipinski definition) is 4. The minimum Gasteiger partial charge on any atom is -0.452 e. The summed E-state index contributed by atoms with van der Waals surface area (Å²) in [7, 11) is 0. The van der Waals surface area contributed by atoms with Crippen molar-refractivity contribution in [2.45, 2.75) is 50.2 Å². The highest BCUT2D eigenvalue weighted by atomic mass is 32.2. The lowest BCUT2D eigenvalue weighted by Crippen LogP contribution is -2.42. The lowest BCUT2D eigenvalue weighted by atomic mass is 9.99. The highest BCUT2D eigenvalue weighted by Gasteiger charge is 2.26. The van der Waals surface area contributed by atoms with E-state index in [0.29, 0.717) is 13.1 Å². The molecule has 1 heterocycles. The van der Waals surface area contributed by atoms with Crippen LogP contribution in [-0.2, 0) is 40.1 Å². The molecule has 0 saturated carbocycles. The Hall–Kier alpha value is -2.27. The van der Waals surface area contributed by atoms with Crippen molar-refractivity contribution in [2.75, 3.05) is 12.3 Å². The molecular formula is C23H25NO3S. The summed E-state index contributed by atoms with van der Waals surface area (Å²) in [6.07, 6.45) is 3.59. The van der Waals surface area contributed by atoms with Gasteiger partial charge < -0.3 is 9.64 Å². The molecule has 2 aliphatic rings. The number of rotatable bonds is 5. The quantitative estimate of drug-likeness (QED) is 0.571. The molecule has 0 spiro atoms. The van der Waals surface area contributed by atoms with E-state index in [4.69, 9.17) is 4.74 Å². The van der Waals surface area contributed by atoms with Gasteiger partial charge in [-0.3, -0.25) is 9.59 Å². The molecule has 1 atom stereocenters. The Morgan fingerprint density at radius 2 is 1.79 bits per heavy atom. The maximum absolute atomic E-state index is 12.7. The van der Waals surface area contributed by atoms with Gasteiger partial charge in [-0.2, -0.15) is 0 Å². The van der Waals surface area contributed by atoms with Crippen LogP contribution < -0.4 is 0 Å². The highest BCUT2D eigenvalue weighted by Crippen LogP contribution is 2.27. The van der Waals surface area contributed by atoms with Crippen molar-refractivity contribution in [1.82, 2.24) is 4.90 Å². The maximum Gasteiger partial charge on any atom is 0.317 e. The summed E-state index contributed by atoms with van der Waals surface area (Å²) >= 11 is 1.48. The fraction of sp³-hybridized carbons (Fsp3) is 0.391. The Kier molecular flexibility index (Phi) is 5.72. The van der Waals surface area contributed by atoms with E-state index in [-0.39, 0.29) is 17.6 Å². The van der Waals surface area contributed by atoms with E-state index in [1.165, 1.54) is 40.4 Å². The van der Waals surface area contributed by atoms with Crippen molar-refractivity contribution >= 4 is 23.6 Å². The summed E-state index contributed by atoms with van der Waals surface area (Å²) < 4.78 is 5.42. The molecule has 146 valence electrons. The minimum absolute atomic E-state index is 0.120. The first-order chi connectivity index (χ1) is 13.6. The summed E-state index contributed by atoms with van der Waals surface area (Å²) in [5.41, 5.74) is 5.29. The molecule has 0 radical (unpaired) electrons. The van der Waals surface area contributed by atoms with Crippen LogP contribution in [0.4, 0.5) is 0 Å². The number of amides is 1. The molecule has 0 bridgehead atoms. The van der Waals surface area contributed by atoms with Crippen molar-refractivity contribution in [3.8, 4) is 0 Å². The molecule has 0 unspecified atom stereocenters. The molecule has 2 aromatic carbocycles. The Morgan fingerprint density at radius 3 is 2.64 bits per heavy atom. The Morgan fingerprint density at radius 1 is 1.04 bits per heavy atom. The smallest absolute Gasteiger partial charge is 0.317 e. The number of hydrogen-bond donors (Lipinski definition) is 0. The molecule has 0 aromatic heterocycles. The Labute approximate surface area is 170 Å². The number of esters is 1. The molecule has 4 nitrogen and oxygen atoms in total. The van der Waals surface area contributed by atoms with Gasteiger partial charge in [0.15, 0.2) is 6.10 Å². The van der Waals surface area contributed by atoms with Gasteiger partial charge in [0.2, 0.25) is 0 Å². The lowest BCUT2D eigenvalue weighted by molar-refractivity contribution is -0.157. The predicted octanol–water partition coefficient (Wildman–Crippen LogP) is 3.78. The molecular weight excluding hydrogens is 370 g/mol. The number of ether oxygens (including phenoxy) is 1. The first kappa shape index (κ1) is 19.1. The van der Waals surface area contributed by atoms with Gasteiger partial charge in [0.05, 0.1) is 5.75 Å². The highest BCUT2D eigenvalue weighted by molar-refractivity contribution is 8.00. The van der Waals surface area contributed by atoms with E-state index in [1.54, 1.807) is 11.8 Å². The van der Waals surface area contributed by atoms with Crippen molar-refractivity contribution in [2.24, 2.45) is 0 Å². The fourth-order valence-electron chi connectivity index (χ4n) is 4.00. The van der Waals surface area contributed by atoms with Crippen LogP contribution in [0.3, 0.4) is 0 Å². The molecule has 1 aliphatic carbocycles. The zero-order chi connectivity index (χ0) is 19.5. The molecule has 0 fully saturated rings. The van der Waals surface area contributed by atoms with Crippen LogP contribution in [0, 0.1) is 0 Å². The molecule has 1 aliphatic heterocycles. The zero-order valence-corrected chi connectivity index (χ0v) is 17.0. The fourth-order valence-corrected chi connectivity index (χ4v) is 4.75. The van der Waals surface area contributed by atoms with E-state index in [0.717, 1.165) is 24.2 Å². The summed E-state index contributed by atoms with van der Waals surface area (Å²) in [6, 6.07) is 14.6. The van der Waals surface area contributed by atoms with E-state index in [9.17, 15) is 9.59 Å². The third kappa shape index (κ3) is 4.25. The van der Waals surface area contributed by atoms with Gasteiger partial charge in [-0.05, 0) is 67.0 Å². The first-order valence-electron chi connectivity index (χ1n) is 9.90. The molecule has 5 heteroatoms. The number of aryl methyl sites for hydroxylation is 2. The molecule has 1 amide bonds. The topological polar surface area (TPSA) is 46.6 Å². The molecule has 28 heavy (non-hydrogen) atoms. The Balaban J connectivity index is 1.28. The lowest BCUT2D eigenvalue weighted by Gasteiger charge is -2.30. The number of thioether (sulfide) groups is 1. The van der Waals surface area contributed by atoms with Crippen LogP contribution in [0.5, 0.6) is 0 Å². The van der Waals surface area contributed by atoms with Crippen molar-refractivity contribution in [3.05, 3.63) is 64.7 Å². The van der Waals surface area contributed by atoms with Crippen LogP contribution in [0.25, 0.3) is 0 Å². The van der Waals surface area contributed by atoms with E-state index < -0.39 is 6.10 Å². The summed E-state index contributed by atoms with van der Waals surface area (Å²) in [6.45, 7) is 2.92. The van der Waals surface area contributed by atoms with Crippen LogP contribution in [0.1, 0.15) is 35.6 Å². The van der Waals surface area contributed by atoms with Gasteiger partial charge in [-0.15, -0.1) is 11.8 Å². The number of nitrogens with zero attached hydrogens (tertiary/aromatic N) is 1. The van der Waals surface area contributed by atoms with Gasteiger partial charge >= 0.3 is 5.97 Å². The normalized spacial score (nSPS) is 16.2. The van der Waals surface area contributed by atoms with Gasteiger partial charge in [0, 0.05) is 18.0 Å². The zero-order valence-electron chi connectivity index (χ0n) is 16.1. The number of carbonyl (C=O) groups excluding carboxylic acids is 2. The third-order valence-electron chi connectivity index (χ3n) is 5.52. The van der Waals surface area contributed by atoms with E-state index in [2.05, 4.69) is 30.3 Å². The first-order valence-corrected chi connectivity index (χ1v) is 10.9. The second-order valence-electron chi connectivity index (χ2n) is 7.48. The summed E-state index contributed by atoms with van der Waals surface area (Å²) in [4.78, 5) is 27.8. The number of fused-ring (bicyclic) bond motifs is 2. The molecule has 0 saturated heterocycles. The maximum atomic E-state index is 12.7. The SMILES string of the molecule is C[C@H](OC(=O)CSc1ccc2c(c1)CCC2)C(=O)N1CCc2ccccc2C1. The van der Waals surface area contributed by atoms with Crippen LogP contribution in [0.15, 0.2) is 47.4 Å². The second kappa shape index (κ2) is 8.39. The standard InChI is InChI=1S/C23H25NO3S/c1-16(23(26)24-12-11-18-5-2-3-6-20(18)14-24)27-22(25)15-28-21-10-9-17-7-4-8-19(17)13-21/h2-3,5-6,9-10,13,16H,4,7-8,11-12,14-15H2,1H3/t16-/m0/s1. The monoisotopic (exact) mass is 395 g/mol. The molecule has 0 N–H and O–H groups in total. The number of benzene rings is 2. The van der Waals surface area contributed by atoms with Gasteiger partial charge in [-0.1, -0.05) is 30.3 Å². The van der Waals surface area contributed by atoms with Crippen LogP contribution in [0.2, 0.25) is 0 Å². The minimum atomic E-state index is -0.751. The van der Waals surface area contributed by atoms with Crippen molar-refractivity contribution < 1.29 is 14.3 Å². The molecule has 4 rings (SSSR count). The van der Waals surface area contributed by atoms with Gasteiger partial charge in [0.1, 0.15) is 0 Å². The van der Waals surface area contributed by atoms with E-state index in [1.807, 2.05) is 12.1 Å². The summed E-state index contributed by atoms with van der Waals surface area (Å²) in [5, 5.41) is 0. The average Bonchev–Trinajstić information content (AvgIpc) is 3.19. The van der Waals surface area contributed by atoms with Gasteiger partial charge in [-0.25, -0.2) is 0 Å². The van der Waals surface area contributed by atoms with E-state index >= 15 is 0 Å². The van der Waals surface area contributed by atoms with Crippen molar-refractivity contribution in [3.63, 3.8) is 0 Å². The Bertz CT molecular complexity index is 895. The van der Waals surface area contributed by atoms with Crippen molar-refractivity contribution in [1.29, 1.82) is 0 Å². The van der Waals surface area contributed by atoms with Crippen LogP contribution in [-0.4, -0.2) is 35.2 Å². The van der Waals surface area contributed by atoms with Gasteiger partial charge in [0.25, 0.3) is 5.91 Å². The largest absolute Gasteiger partial charge is 0.452 e. The van der Waals surface area contributed by atoms with Crippen LogP contribution >= 0.6 is 11.8 Å².